The molecule has 0 spiro atoms. The zero-order valence-corrected chi connectivity index (χ0v) is 12.3. The maximum atomic E-state index is 11.8. The Morgan fingerprint density at radius 2 is 2.05 bits per heavy atom. The van der Waals surface area contributed by atoms with Crippen molar-refractivity contribution in [2.75, 3.05) is 12.4 Å². The number of anilines is 1. The number of hydrogen-bond acceptors (Lipinski definition) is 2. The number of amides is 2. The number of allylic oxidation sites excluding steroid dienone is 1. The first-order valence-electron chi connectivity index (χ1n) is 6.78. The van der Waals surface area contributed by atoms with Crippen LogP contribution in [-0.2, 0) is 0 Å². The first kappa shape index (κ1) is 14.7. The predicted octanol–water partition coefficient (Wildman–Crippen LogP) is 4.32. The number of nitrogens with one attached hydrogen (secondary N) is 2. The Morgan fingerprint density at radius 1 is 1.30 bits per heavy atom. The molecule has 1 fully saturated rings. The van der Waals surface area contributed by atoms with Crippen molar-refractivity contribution in [3.63, 3.8) is 0 Å². The van der Waals surface area contributed by atoms with Crippen LogP contribution in [0.4, 0.5) is 10.5 Å². The van der Waals surface area contributed by atoms with E-state index in [0.717, 1.165) is 12.8 Å². The van der Waals surface area contributed by atoms with Crippen molar-refractivity contribution in [2.45, 2.75) is 32.1 Å². The summed E-state index contributed by atoms with van der Waals surface area (Å²) in [7, 11) is 1.55. The van der Waals surface area contributed by atoms with E-state index in [1.54, 1.807) is 25.3 Å². The van der Waals surface area contributed by atoms with Gasteiger partial charge in [-0.05, 0) is 43.9 Å². The Kier molecular flexibility index (Phi) is 5.30. The van der Waals surface area contributed by atoms with Gasteiger partial charge in [0.1, 0.15) is 5.75 Å². The third-order valence-corrected chi connectivity index (χ3v) is 3.61. The minimum atomic E-state index is -0.260. The number of benzene rings is 1. The van der Waals surface area contributed by atoms with E-state index in [1.807, 2.05) is 6.20 Å². The van der Waals surface area contributed by atoms with Crippen LogP contribution in [0.1, 0.15) is 32.1 Å². The van der Waals surface area contributed by atoms with Crippen LogP contribution in [0.15, 0.2) is 30.0 Å². The smallest absolute Gasteiger partial charge is 0.323 e. The molecule has 0 saturated heterocycles. The van der Waals surface area contributed by atoms with Gasteiger partial charge in [-0.3, -0.25) is 0 Å². The van der Waals surface area contributed by atoms with Gasteiger partial charge in [-0.15, -0.1) is 0 Å². The molecule has 0 bridgehead atoms. The van der Waals surface area contributed by atoms with Crippen LogP contribution in [0.2, 0.25) is 5.02 Å². The molecular formula is C15H19ClN2O2. The monoisotopic (exact) mass is 294 g/mol. The molecule has 0 radical (unpaired) electrons. The molecule has 2 N–H and O–H groups in total. The minimum Gasteiger partial charge on any atom is -0.495 e. The second-order valence-electron chi connectivity index (χ2n) is 4.81. The van der Waals surface area contributed by atoms with Gasteiger partial charge >= 0.3 is 6.03 Å². The van der Waals surface area contributed by atoms with Crippen LogP contribution in [0.3, 0.4) is 0 Å². The molecule has 2 amide bonds. The lowest BCUT2D eigenvalue weighted by Gasteiger charge is -2.13. The van der Waals surface area contributed by atoms with E-state index < -0.39 is 0 Å². The number of carbonyl (C=O) groups is 1. The van der Waals surface area contributed by atoms with E-state index >= 15 is 0 Å². The average Bonchev–Trinajstić information content (AvgIpc) is 2.46. The Labute approximate surface area is 124 Å². The van der Waals surface area contributed by atoms with Crippen LogP contribution in [-0.4, -0.2) is 13.1 Å². The highest BCUT2D eigenvalue weighted by Crippen LogP contribution is 2.27. The average molecular weight is 295 g/mol. The standard InChI is InChI=1S/C15H19ClN2O2/c1-20-14-8-7-12(9-13(14)16)18-15(19)17-10-11-5-3-2-4-6-11/h7-10H,2-6H2,1H3,(H2,17,18,19). The number of hydrogen-bond donors (Lipinski definition) is 2. The number of urea groups is 1. The third-order valence-electron chi connectivity index (χ3n) is 3.31. The fourth-order valence-electron chi connectivity index (χ4n) is 2.23. The summed E-state index contributed by atoms with van der Waals surface area (Å²) >= 11 is 6.00. The van der Waals surface area contributed by atoms with Crippen molar-refractivity contribution in [3.05, 3.63) is 35.0 Å². The number of ether oxygens (including phenoxy) is 1. The second-order valence-corrected chi connectivity index (χ2v) is 5.22. The van der Waals surface area contributed by atoms with Crippen LogP contribution in [0.25, 0.3) is 0 Å². The van der Waals surface area contributed by atoms with Crippen molar-refractivity contribution < 1.29 is 9.53 Å². The van der Waals surface area contributed by atoms with Gasteiger partial charge < -0.3 is 15.4 Å². The maximum absolute atomic E-state index is 11.8. The van der Waals surface area contributed by atoms with Crippen LogP contribution >= 0.6 is 11.6 Å². The maximum Gasteiger partial charge on any atom is 0.323 e. The Morgan fingerprint density at radius 3 is 2.70 bits per heavy atom. The molecule has 2 rings (SSSR count). The zero-order valence-electron chi connectivity index (χ0n) is 11.5. The Balaban J connectivity index is 1.89. The number of methoxy groups -OCH3 is 1. The predicted molar refractivity (Wildman–Crippen MR) is 81.3 cm³/mol. The highest BCUT2D eigenvalue weighted by atomic mass is 35.5. The molecule has 1 saturated carbocycles. The molecule has 1 aromatic carbocycles. The number of rotatable bonds is 3. The highest BCUT2D eigenvalue weighted by Gasteiger charge is 2.07. The Bertz CT molecular complexity index is 507. The summed E-state index contributed by atoms with van der Waals surface area (Å²) in [5.74, 6) is 0.585. The largest absolute Gasteiger partial charge is 0.495 e. The molecule has 1 aromatic rings. The van der Waals surface area contributed by atoms with E-state index in [9.17, 15) is 4.79 Å². The number of halogens is 1. The zero-order chi connectivity index (χ0) is 14.4. The van der Waals surface area contributed by atoms with Gasteiger partial charge in [-0.2, -0.15) is 0 Å². The van der Waals surface area contributed by atoms with Crippen LogP contribution in [0, 0.1) is 0 Å². The lowest BCUT2D eigenvalue weighted by atomic mass is 9.96. The summed E-state index contributed by atoms with van der Waals surface area (Å²) in [5, 5.41) is 5.97. The summed E-state index contributed by atoms with van der Waals surface area (Å²) < 4.78 is 5.06. The molecule has 5 heteroatoms. The first-order chi connectivity index (χ1) is 9.69. The van der Waals surface area contributed by atoms with Gasteiger partial charge in [0.2, 0.25) is 0 Å². The molecule has 0 aliphatic heterocycles. The summed E-state index contributed by atoms with van der Waals surface area (Å²) in [5.41, 5.74) is 1.94. The molecule has 4 nitrogen and oxygen atoms in total. The molecular weight excluding hydrogens is 276 g/mol. The number of carbonyl (C=O) groups excluding carboxylic acids is 1. The normalized spacial score (nSPS) is 14.6. The van der Waals surface area contributed by atoms with Crippen LogP contribution in [0.5, 0.6) is 5.75 Å². The molecule has 0 aromatic heterocycles. The van der Waals surface area contributed by atoms with E-state index in [1.165, 1.54) is 24.8 Å². The van der Waals surface area contributed by atoms with Crippen molar-refractivity contribution in [3.8, 4) is 5.75 Å². The first-order valence-corrected chi connectivity index (χ1v) is 7.16. The molecule has 1 aliphatic rings. The Hall–Kier alpha value is -1.68. The molecule has 108 valence electrons. The van der Waals surface area contributed by atoms with Gasteiger partial charge in [-0.1, -0.05) is 23.6 Å². The summed E-state index contributed by atoms with van der Waals surface area (Å²) in [4.78, 5) is 11.8. The van der Waals surface area contributed by atoms with Gasteiger partial charge in [0.05, 0.1) is 12.1 Å². The molecule has 0 heterocycles. The molecule has 1 aliphatic carbocycles. The van der Waals surface area contributed by atoms with E-state index in [2.05, 4.69) is 10.6 Å². The summed E-state index contributed by atoms with van der Waals surface area (Å²) in [6.45, 7) is 0. The molecule has 20 heavy (non-hydrogen) atoms. The molecule has 0 atom stereocenters. The highest BCUT2D eigenvalue weighted by molar-refractivity contribution is 6.32. The molecule has 0 unspecified atom stereocenters. The summed E-state index contributed by atoms with van der Waals surface area (Å²) in [6, 6.07) is 4.87. The van der Waals surface area contributed by atoms with Gasteiger partial charge in [0, 0.05) is 11.9 Å². The van der Waals surface area contributed by atoms with Gasteiger partial charge in [0.15, 0.2) is 0 Å². The van der Waals surface area contributed by atoms with Crippen molar-refractivity contribution >= 4 is 23.3 Å². The fraction of sp³-hybridized carbons (Fsp3) is 0.400. The van der Waals surface area contributed by atoms with Crippen molar-refractivity contribution in [1.29, 1.82) is 0 Å². The lowest BCUT2D eigenvalue weighted by Crippen LogP contribution is -2.24. The van der Waals surface area contributed by atoms with E-state index in [0.29, 0.717) is 16.5 Å². The van der Waals surface area contributed by atoms with E-state index in [4.69, 9.17) is 16.3 Å². The van der Waals surface area contributed by atoms with Crippen molar-refractivity contribution in [1.82, 2.24) is 5.32 Å². The fourth-order valence-corrected chi connectivity index (χ4v) is 2.49. The topological polar surface area (TPSA) is 50.4 Å². The van der Waals surface area contributed by atoms with Crippen molar-refractivity contribution in [2.24, 2.45) is 0 Å². The lowest BCUT2D eigenvalue weighted by molar-refractivity contribution is 0.255. The second kappa shape index (κ2) is 7.20. The third kappa shape index (κ3) is 4.17. The van der Waals surface area contributed by atoms with E-state index in [-0.39, 0.29) is 6.03 Å². The van der Waals surface area contributed by atoms with Crippen LogP contribution < -0.4 is 15.4 Å². The minimum absolute atomic E-state index is 0.260. The summed E-state index contributed by atoms with van der Waals surface area (Å²) in [6.07, 6.45) is 7.68. The van der Waals surface area contributed by atoms with Gasteiger partial charge in [-0.25, -0.2) is 4.79 Å². The quantitative estimate of drug-likeness (QED) is 0.872. The SMILES string of the molecule is COc1ccc(NC(=O)NC=C2CCCCC2)cc1Cl. The van der Waals surface area contributed by atoms with Gasteiger partial charge in [0.25, 0.3) is 0 Å².